The number of aromatic amines is 1. The number of nitrogens with two attached hydrogens (primary N) is 1. The SMILES string of the molecule is CC(=O)/C=C(\N)Oc1ccc2cc(CNC(=O)C3(C)CC3)[nH]c2c1. The van der Waals surface area contributed by atoms with Gasteiger partial charge in [-0.1, -0.05) is 6.92 Å². The smallest absolute Gasteiger partial charge is 0.226 e. The second-order valence-corrected chi connectivity index (χ2v) is 6.55. The van der Waals surface area contributed by atoms with Crippen LogP contribution in [0.4, 0.5) is 0 Å². The Labute approximate surface area is 140 Å². The number of carbonyl (C=O) groups excluding carboxylic acids is 2. The molecule has 1 aromatic carbocycles. The number of hydrogen-bond donors (Lipinski definition) is 3. The molecular weight excluding hydrogens is 306 g/mol. The average Bonchev–Trinajstić information content (AvgIpc) is 3.12. The molecule has 1 aromatic heterocycles. The second-order valence-electron chi connectivity index (χ2n) is 6.55. The van der Waals surface area contributed by atoms with E-state index in [4.69, 9.17) is 10.5 Å². The van der Waals surface area contributed by atoms with Crippen LogP contribution in [0.25, 0.3) is 10.9 Å². The van der Waals surface area contributed by atoms with Crippen molar-refractivity contribution in [3.63, 3.8) is 0 Å². The molecule has 0 atom stereocenters. The first kappa shape index (κ1) is 16.1. The van der Waals surface area contributed by atoms with E-state index in [0.717, 1.165) is 29.4 Å². The highest BCUT2D eigenvalue weighted by Crippen LogP contribution is 2.45. The summed E-state index contributed by atoms with van der Waals surface area (Å²) >= 11 is 0. The molecule has 0 aliphatic heterocycles. The monoisotopic (exact) mass is 327 g/mol. The number of fused-ring (bicyclic) bond motifs is 1. The number of aromatic nitrogens is 1. The number of carbonyl (C=O) groups is 2. The van der Waals surface area contributed by atoms with Gasteiger partial charge in [-0.05, 0) is 43.4 Å². The Morgan fingerprint density at radius 2 is 2.12 bits per heavy atom. The molecule has 1 fully saturated rings. The van der Waals surface area contributed by atoms with Crippen LogP contribution >= 0.6 is 0 Å². The van der Waals surface area contributed by atoms with Gasteiger partial charge in [-0.15, -0.1) is 0 Å². The zero-order chi connectivity index (χ0) is 17.3. The maximum atomic E-state index is 12.0. The predicted molar refractivity (Wildman–Crippen MR) is 91.1 cm³/mol. The number of H-pyrrole nitrogens is 1. The van der Waals surface area contributed by atoms with Crippen molar-refractivity contribution in [2.45, 2.75) is 33.2 Å². The Balaban J connectivity index is 1.69. The van der Waals surface area contributed by atoms with Crippen molar-refractivity contribution < 1.29 is 14.3 Å². The number of rotatable bonds is 6. The van der Waals surface area contributed by atoms with Gasteiger partial charge in [0.15, 0.2) is 11.7 Å². The van der Waals surface area contributed by atoms with E-state index in [1.54, 1.807) is 6.07 Å². The number of benzene rings is 1. The molecule has 1 aliphatic carbocycles. The molecule has 126 valence electrons. The van der Waals surface area contributed by atoms with Crippen LogP contribution in [0, 0.1) is 5.41 Å². The van der Waals surface area contributed by atoms with E-state index >= 15 is 0 Å². The Hall–Kier alpha value is -2.76. The maximum Gasteiger partial charge on any atom is 0.226 e. The molecule has 0 bridgehead atoms. The summed E-state index contributed by atoms with van der Waals surface area (Å²) in [7, 11) is 0. The van der Waals surface area contributed by atoms with E-state index in [-0.39, 0.29) is 23.0 Å². The van der Waals surface area contributed by atoms with E-state index in [1.165, 1.54) is 13.0 Å². The molecular formula is C18H21N3O3. The largest absolute Gasteiger partial charge is 0.441 e. The lowest BCUT2D eigenvalue weighted by molar-refractivity contribution is -0.125. The van der Waals surface area contributed by atoms with Gasteiger partial charge in [-0.3, -0.25) is 9.59 Å². The third-order valence-electron chi connectivity index (χ3n) is 4.22. The molecule has 1 saturated carbocycles. The minimum atomic E-state index is -0.173. The van der Waals surface area contributed by atoms with E-state index < -0.39 is 0 Å². The molecule has 1 amide bonds. The number of nitrogens with one attached hydrogen (secondary N) is 2. The Bertz CT molecular complexity index is 831. The number of ketones is 1. The molecule has 0 saturated heterocycles. The number of amides is 1. The average molecular weight is 327 g/mol. The van der Waals surface area contributed by atoms with Crippen molar-refractivity contribution in [2.24, 2.45) is 11.1 Å². The molecule has 1 aliphatic rings. The van der Waals surface area contributed by atoms with E-state index in [9.17, 15) is 9.59 Å². The van der Waals surface area contributed by atoms with Gasteiger partial charge in [0.2, 0.25) is 5.91 Å². The van der Waals surface area contributed by atoms with Crippen molar-refractivity contribution >= 4 is 22.6 Å². The van der Waals surface area contributed by atoms with Gasteiger partial charge in [0, 0.05) is 28.8 Å². The van der Waals surface area contributed by atoms with Crippen LogP contribution in [0.1, 0.15) is 32.4 Å². The number of hydrogen-bond acceptors (Lipinski definition) is 4. The lowest BCUT2D eigenvalue weighted by Crippen LogP contribution is -2.29. The summed E-state index contributed by atoms with van der Waals surface area (Å²) in [4.78, 5) is 26.2. The first-order valence-corrected chi connectivity index (χ1v) is 7.91. The molecule has 24 heavy (non-hydrogen) atoms. The predicted octanol–water partition coefficient (Wildman–Crippen LogP) is 2.35. The van der Waals surface area contributed by atoms with Gasteiger partial charge in [-0.2, -0.15) is 0 Å². The summed E-state index contributed by atoms with van der Waals surface area (Å²) in [5.41, 5.74) is 7.27. The minimum absolute atomic E-state index is 0.0542. The minimum Gasteiger partial charge on any atom is -0.441 e. The topological polar surface area (TPSA) is 97.2 Å². The molecule has 6 nitrogen and oxygen atoms in total. The quantitative estimate of drug-likeness (QED) is 0.560. The number of ether oxygens (including phenoxy) is 1. The van der Waals surface area contributed by atoms with Gasteiger partial charge in [-0.25, -0.2) is 0 Å². The second kappa shape index (κ2) is 6.03. The van der Waals surface area contributed by atoms with Gasteiger partial charge < -0.3 is 20.8 Å². The summed E-state index contributed by atoms with van der Waals surface area (Å²) in [5, 5.41) is 3.98. The van der Waals surface area contributed by atoms with Crippen molar-refractivity contribution in [3.8, 4) is 5.75 Å². The van der Waals surface area contributed by atoms with Gasteiger partial charge in [0.1, 0.15) is 5.75 Å². The van der Waals surface area contributed by atoms with Gasteiger partial charge >= 0.3 is 0 Å². The standard InChI is InChI=1S/C18H21N3O3/c1-11(22)7-16(19)24-14-4-3-12-8-13(21-15(12)9-14)10-20-17(23)18(2)5-6-18/h3-4,7-9,21H,5-6,10,19H2,1-2H3,(H,20,23)/b16-7+. The first-order chi connectivity index (χ1) is 11.4. The van der Waals surface area contributed by atoms with Crippen molar-refractivity contribution in [3.05, 3.63) is 41.9 Å². The van der Waals surface area contributed by atoms with Crippen LogP contribution in [-0.4, -0.2) is 16.7 Å². The van der Waals surface area contributed by atoms with Crippen molar-refractivity contribution in [1.29, 1.82) is 0 Å². The van der Waals surface area contributed by atoms with Gasteiger partial charge in [0.25, 0.3) is 0 Å². The highest BCUT2D eigenvalue weighted by atomic mass is 16.5. The fraction of sp³-hybridized carbons (Fsp3) is 0.333. The summed E-state index contributed by atoms with van der Waals surface area (Å²) < 4.78 is 5.42. The fourth-order valence-corrected chi connectivity index (χ4v) is 2.49. The zero-order valence-electron chi connectivity index (χ0n) is 13.8. The molecule has 2 aromatic rings. The molecule has 6 heteroatoms. The normalized spacial score (nSPS) is 16.0. The summed E-state index contributed by atoms with van der Waals surface area (Å²) in [5.74, 6) is 0.530. The number of allylic oxidation sites excluding steroid dienone is 1. The van der Waals surface area contributed by atoms with Crippen LogP contribution in [0.2, 0.25) is 0 Å². The molecule has 0 radical (unpaired) electrons. The van der Waals surface area contributed by atoms with E-state index in [2.05, 4.69) is 10.3 Å². The molecule has 3 rings (SSSR count). The third kappa shape index (κ3) is 3.59. The van der Waals surface area contributed by atoms with Crippen LogP contribution in [-0.2, 0) is 16.1 Å². The van der Waals surface area contributed by atoms with E-state index in [1.807, 2.05) is 25.1 Å². The van der Waals surface area contributed by atoms with Crippen LogP contribution in [0.15, 0.2) is 36.2 Å². The Morgan fingerprint density at radius 1 is 1.38 bits per heavy atom. The molecule has 1 heterocycles. The Morgan fingerprint density at radius 3 is 2.79 bits per heavy atom. The van der Waals surface area contributed by atoms with Crippen molar-refractivity contribution in [2.75, 3.05) is 0 Å². The highest BCUT2D eigenvalue weighted by molar-refractivity contribution is 5.87. The fourth-order valence-electron chi connectivity index (χ4n) is 2.49. The van der Waals surface area contributed by atoms with Crippen LogP contribution < -0.4 is 15.8 Å². The maximum absolute atomic E-state index is 12.0. The Kier molecular flexibility index (Phi) is 4.05. The summed E-state index contributed by atoms with van der Waals surface area (Å²) in [6.45, 7) is 3.86. The molecule has 0 spiro atoms. The summed E-state index contributed by atoms with van der Waals surface area (Å²) in [6.07, 6.45) is 3.15. The zero-order valence-corrected chi connectivity index (χ0v) is 13.8. The summed E-state index contributed by atoms with van der Waals surface area (Å²) in [6, 6.07) is 7.48. The van der Waals surface area contributed by atoms with Crippen LogP contribution in [0.5, 0.6) is 5.75 Å². The lowest BCUT2D eigenvalue weighted by atomic mass is 10.1. The highest BCUT2D eigenvalue weighted by Gasteiger charge is 2.44. The van der Waals surface area contributed by atoms with Crippen molar-refractivity contribution in [1.82, 2.24) is 10.3 Å². The molecule has 0 unspecified atom stereocenters. The molecule has 4 N–H and O–H groups in total. The first-order valence-electron chi connectivity index (χ1n) is 7.91. The van der Waals surface area contributed by atoms with Crippen LogP contribution in [0.3, 0.4) is 0 Å². The van der Waals surface area contributed by atoms with Gasteiger partial charge in [0.05, 0.1) is 6.54 Å². The lowest BCUT2D eigenvalue weighted by Gasteiger charge is -2.08. The third-order valence-corrected chi connectivity index (χ3v) is 4.22. The van der Waals surface area contributed by atoms with E-state index in [0.29, 0.717) is 12.3 Å².